The van der Waals surface area contributed by atoms with E-state index in [0.29, 0.717) is 19.4 Å². The van der Waals surface area contributed by atoms with Gasteiger partial charge in [0.15, 0.2) is 0 Å². The number of aryl methyl sites for hydroxylation is 2. The molecule has 0 bridgehead atoms. The summed E-state index contributed by atoms with van der Waals surface area (Å²) >= 11 is 6.40. The van der Waals surface area contributed by atoms with Crippen molar-refractivity contribution in [3.8, 4) is 0 Å². The molecule has 108 valence electrons. The Morgan fingerprint density at radius 2 is 2.16 bits per heavy atom. The third-order valence-corrected chi connectivity index (χ3v) is 4.27. The lowest BCUT2D eigenvalue weighted by atomic mass is 9.89. The Balaban J connectivity index is 2.23. The van der Waals surface area contributed by atoms with Crippen LogP contribution in [0.1, 0.15) is 44.5 Å². The molecule has 2 heterocycles. The monoisotopic (exact) mass is 286 g/mol. The van der Waals surface area contributed by atoms with Gasteiger partial charge in [0, 0.05) is 26.2 Å². The van der Waals surface area contributed by atoms with Gasteiger partial charge in [-0.2, -0.15) is 5.10 Å². The quantitative estimate of drug-likeness (QED) is 0.925. The number of ether oxygens (including phenoxy) is 1. The molecule has 1 fully saturated rings. The first kappa shape index (κ1) is 14.8. The predicted octanol–water partition coefficient (Wildman–Crippen LogP) is 2.59. The smallest absolute Gasteiger partial charge is 0.0850 e. The average molecular weight is 287 g/mol. The molecular formula is C14H23ClN2O2. The molecule has 0 radical (unpaired) electrons. The van der Waals surface area contributed by atoms with Crippen LogP contribution in [0.15, 0.2) is 0 Å². The van der Waals surface area contributed by atoms with Gasteiger partial charge in [-0.05, 0) is 32.6 Å². The predicted molar refractivity (Wildman–Crippen MR) is 75.6 cm³/mol. The lowest BCUT2D eigenvalue weighted by Gasteiger charge is -2.26. The number of halogens is 1. The van der Waals surface area contributed by atoms with E-state index < -0.39 is 5.60 Å². The second-order valence-corrected chi connectivity index (χ2v) is 5.62. The molecule has 0 spiro atoms. The molecule has 1 aliphatic rings. The highest BCUT2D eigenvalue weighted by atomic mass is 35.5. The molecule has 1 atom stereocenters. The van der Waals surface area contributed by atoms with Crippen LogP contribution in [0.25, 0.3) is 0 Å². The Labute approximate surface area is 119 Å². The Morgan fingerprint density at radius 3 is 2.84 bits per heavy atom. The summed E-state index contributed by atoms with van der Waals surface area (Å²) in [6, 6.07) is 0. The minimum atomic E-state index is -0.710. The summed E-state index contributed by atoms with van der Waals surface area (Å²) in [6.45, 7) is 6.23. The molecule has 2 rings (SSSR count). The van der Waals surface area contributed by atoms with E-state index in [-0.39, 0.29) is 0 Å². The summed E-state index contributed by atoms with van der Waals surface area (Å²) in [7, 11) is 0. The molecule has 1 aromatic heterocycles. The van der Waals surface area contributed by atoms with Gasteiger partial charge in [0.05, 0.1) is 22.0 Å². The molecule has 1 N–H and O–H groups in total. The second kappa shape index (κ2) is 6.25. The summed E-state index contributed by atoms with van der Waals surface area (Å²) in [5, 5.41) is 16.0. The maximum Gasteiger partial charge on any atom is 0.0850 e. The largest absolute Gasteiger partial charge is 0.389 e. The fourth-order valence-electron chi connectivity index (χ4n) is 2.67. The van der Waals surface area contributed by atoms with Crippen LogP contribution in [0.2, 0.25) is 5.02 Å². The van der Waals surface area contributed by atoms with Gasteiger partial charge >= 0.3 is 0 Å². The van der Waals surface area contributed by atoms with E-state index >= 15 is 0 Å². The normalized spacial score (nSPS) is 24.4. The summed E-state index contributed by atoms with van der Waals surface area (Å²) in [5.41, 5.74) is 1.18. The van der Waals surface area contributed by atoms with Gasteiger partial charge in [0.25, 0.3) is 0 Å². The number of rotatable bonds is 4. The average Bonchev–Trinajstić information content (AvgIpc) is 2.57. The molecule has 0 aliphatic carbocycles. The van der Waals surface area contributed by atoms with Gasteiger partial charge in [-0.15, -0.1) is 0 Å². The van der Waals surface area contributed by atoms with Crippen molar-refractivity contribution in [3.63, 3.8) is 0 Å². The standard InChI is InChI=1S/C14H23ClN2O2/c1-3-11-13(15)12(17(4-2)16-11)10-14(18)6-5-8-19-9-7-14/h18H,3-10H2,1-2H3. The second-order valence-electron chi connectivity index (χ2n) is 5.24. The first-order valence-electron chi connectivity index (χ1n) is 7.14. The van der Waals surface area contributed by atoms with E-state index in [1.54, 1.807) is 0 Å². The van der Waals surface area contributed by atoms with Crippen LogP contribution in [0.3, 0.4) is 0 Å². The molecular weight excluding hydrogens is 264 g/mol. The summed E-state index contributed by atoms with van der Waals surface area (Å²) in [6.07, 6.45) is 3.71. The maximum atomic E-state index is 10.8. The Bertz CT molecular complexity index is 423. The van der Waals surface area contributed by atoms with Crippen molar-refractivity contribution in [1.82, 2.24) is 9.78 Å². The van der Waals surface area contributed by atoms with Crippen LogP contribution in [-0.2, 0) is 24.1 Å². The zero-order valence-corrected chi connectivity index (χ0v) is 12.5. The zero-order valence-electron chi connectivity index (χ0n) is 11.8. The molecule has 0 aromatic carbocycles. The van der Waals surface area contributed by atoms with Crippen molar-refractivity contribution in [3.05, 3.63) is 16.4 Å². The van der Waals surface area contributed by atoms with Gasteiger partial charge in [0.2, 0.25) is 0 Å². The Morgan fingerprint density at radius 1 is 1.37 bits per heavy atom. The van der Waals surface area contributed by atoms with E-state index in [4.69, 9.17) is 16.3 Å². The molecule has 1 saturated heterocycles. The van der Waals surface area contributed by atoms with Crippen LogP contribution in [0, 0.1) is 0 Å². The van der Waals surface area contributed by atoms with Gasteiger partial charge in [-0.3, -0.25) is 4.68 Å². The van der Waals surface area contributed by atoms with Crippen LogP contribution >= 0.6 is 11.6 Å². The van der Waals surface area contributed by atoms with Gasteiger partial charge < -0.3 is 9.84 Å². The molecule has 1 aromatic rings. The van der Waals surface area contributed by atoms with Crippen molar-refractivity contribution < 1.29 is 9.84 Å². The Kier molecular flexibility index (Phi) is 4.87. The molecule has 19 heavy (non-hydrogen) atoms. The van der Waals surface area contributed by atoms with E-state index in [1.807, 2.05) is 18.5 Å². The van der Waals surface area contributed by atoms with Crippen LogP contribution in [0.5, 0.6) is 0 Å². The fourth-order valence-corrected chi connectivity index (χ4v) is 3.00. The highest BCUT2D eigenvalue weighted by molar-refractivity contribution is 6.31. The molecule has 4 nitrogen and oxygen atoms in total. The van der Waals surface area contributed by atoms with Crippen molar-refractivity contribution >= 4 is 11.6 Å². The van der Waals surface area contributed by atoms with Crippen LogP contribution in [0.4, 0.5) is 0 Å². The first-order chi connectivity index (χ1) is 9.09. The van der Waals surface area contributed by atoms with Gasteiger partial charge in [-0.1, -0.05) is 18.5 Å². The lowest BCUT2D eigenvalue weighted by molar-refractivity contribution is 0.0171. The van der Waals surface area contributed by atoms with Crippen LogP contribution in [-0.4, -0.2) is 33.7 Å². The zero-order chi connectivity index (χ0) is 13.9. The fraction of sp³-hybridized carbons (Fsp3) is 0.786. The molecule has 1 unspecified atom stereocenters. The SMILES string of the molecule is CCc1nn(CC)c(CC2(O)CCCOCC2)c1Cl. The minimum absolute atomic E-state index is 0.566. The summed E-state index contributed by atoms with van der Waals surface area (Å²) in [4.78, 5) is 0. The van der Waals surface area contributed by atoms with E-state index in [2.05, 4.69) is 5.10 Å². The summed E-state index contributed by atoms with van der Waals surface area (Å²) < 4.78 is 7.35. The molecule has 1 aliphatic heterocycles. The number of aromatic nitrogens is 2. The molecule has 0 saturated carbocycles. The van der Waals surface area contributed by atoms with Crippen molar-refractivity contribution in [2.24, 2.45) is 0 Å². The molecule has 0 amide bonds. The third-order valence-electron chi connectivity index (χ3n) is 3.83. The number of nitrogens with zero attached hydrogens (tertiary/aromatic N) is 2. The first-order valence-corrected chi connectivity index (χ1v) is 7.51. The third kappa shape index (κ3) is 3.30. The van der Waals surface area contributed by atoms with Crippen molar-refractivity contribution in [2.75, 3.05) is 13.2 Å². The molecule has 5 heteroatoms. The Hall–Kier alpha value is -0.580. The minimum Gasteiger partial charge on any atom is -0.389 e. The highest BCUT2D eigenvalue weighted by Crippen LogP contribution is 2.30. The van der Waals surface area contributed by atoms with Gasteiger partial charge in [0.1, 0.15) is 0 Å². The van der Waals surface area contributed by atoms with Gasteiger partial charge in [-0.25, -0.2) is 0 Å². The van der Waals surface area contributed by atoms with Crippen molar-refractivity contribution in [2.45, 2.75) is 58.1 Å². The van der Waals surface area contributed by atoms with Crippen molar-refractivity contribution in [1.29, 1.82) is 0 Å². The van der Waals surface area contributed by atoms with E-state index in [1.165, 1.54) is 0 Å². The summed E-state index contributed by atoms with van der Waals surface area (Å²) in [5.74, 6) is 0. The maximum absolute atomic E-state index is 10.8. The van der Waals surface area contributed by atoms with E-state index in [0.717, 1.165) is 48.8 Å². The topological polar surface area (TPSA) is 47.3 Å². The number of hydrogen-bond donors (Lipinski definition) is 1. The lowest BCUT2D eigenvalue weighted by Crippen LogP contribution is -2.32. The highest BCUT2D eigenvalue weighted by Gasteiger charge is 2.31. The number of aliphatic hydroxyl groups is 1. The van der Waals surface area contributed by atoms with Crippen LogP contribution < -0.4 is 0 Å². The number of hydrogen-bond acceptors (Lipinski definition) is 3. The van der Waals surface area contributed by atoms with E-state index in [9.17, 15) is 5.11 Å².